The molecule has 26 heavy (non-hydrogen) atoms. The summed E-state index contributed by atoms with van der Waals surface area (Å²) in [6.07, 6.45) is 1.81. The number of thiophene rings is 1. The summed E-state index contributed by atoms with van der Waals surface area (Å²) < 4.78 is 0. The minimum absolute atomic E-state index is 0.530. The maximum Gasteiger partial charge on any atom is 0.141 e. The highest BCUT2D eigenvalue weighted by Crippen LogP contribution is 2.36. The van der Waals surface area contributed by atoms with Crippen molar-refractivity contribution in [2.75, 3.05) is 17.7 Å². The Balaban J connectivity index is 1.74. The zero-order chi connectivity index (χ0) is 18.1. The van der Waals surface area contributed by atoms with Gasteiger partial charge in [0.2, 0.25) is 0 Å². The van der Waals surface area contributed by atoms with Crippen molar-refractivity contribution < 1.29 is 0 Å². The highest BCUT2D eigenvalue weighted by molar-refractivity contribution is 7.21. The van der Waals surface area contributed by atoms with Crippen LogP contribution in [-0.4, -0.2) is 22.0 Å². The number of pyridine rings is 1. The largest absolute Gasteiger partial charge is 0.384 e. The van der Waals surface area contributed by atoms with E-state index >= 15 is 0 Å². The molecule has 3 aromatic heterocycles. The van der Waals surface area contributed by atoms with E-state index in [1.54, 1.807) is 17.5 Å². The zero-order valence-corrected chi connectivity index (χ0v) is 15.5. The van der Waals surface area contributed by atoms with Gasteiger partial charge in [-0.1, -0.05) is 36.4 Å². The third-order valence-electron chi connectivity index (χ3n) is 4.17. The Morgan fingerprint density at radius 2 is 1.88 bits per heavy atom. The Morgan fingerprint density at radius 3 is 2.62 bits per heavy atom. The molecule has 0 spiro atoms. The lowest BCUT2D eigenvalue weighted by Gasteiger charge is -2.19. The fraction of sp³-hybridized carbons (Fsp3) is 0.150. The molecule has 0 saturated heterocycles. The molecule has 130 valence electrons. The first-order chi connectivity index (χ1) is 12.6. The van der Waals surface area contributed by atoms with Crippen LogP contribution in [0.4, 0.5) is 11.6 Å². The van der Waals surface area contributed by atoms with E-state index in [0.29, 0.717) is 12.4 Å². The Kier molecular flexibility index (Phi) is 4.26. The molecule has 0 unspecified atom stereocenters. The molecule has 0 bridgehead atoms. The molecule has 4 rings (SSSR count). The smallest absolute Gasteiger partial charge is 0.141 e. The SMILES string of the molecule is Cc1nc(N(C)Cc2ccc(N)nc2)c2cc(-c3ccccc3)sc2n1. The van der Waals surface area contributed by atoms with Gasteiger partial charge in [0.15, 0.2) is 0 Å². The number of fused-ring (bicyclic) bond motifs is 1. The van der Waals surface area contributed by atoms with Crippen molar-refractivity contribution in [3.05, 3.63) is 66.1 Å². The molecule has 0 radical (unpaired) electrons. The van der Waals surface area contributed by atoms with Gasteiger partial charge in [0.05, 0.1) is 5.39 Å². The Morgan fingerprint density at radius 1 is 1.08 bits per heavy atom. The summed E-state index contributed by atoms with van der Waals surface area (Å²) in [5, 5.41) is 1.07. The predicted molar refractivity (Wildman–Crippen MR) is 108 cm³/mol. The van der Waals surface area contributed by atoms with Gasteiger partial charge in [-0.05, 0) is 30.2 Å². The van der Waals surface area contributed by atoms with Gasteiger partial charge in [-0.2, -0.15) is 0 Å². The first-order valence-corrected chi connectivity index (χ1v) is 9.17. The van der Waals surface area contributed by atoms with Crippen LogP contribution < -0.4 is 10.6 Å². The molecular weight excluding hydrogens is 342 g/mol. The number of nitrogens with two attached hydrogens (primary N) is 1. The van der Waals surface area contributed by atoms with Crippen molar-refractivity contribution in [3.63, 3.8) is 0 Å². The molecule has 4 aromatic rings. The second-order valence-corrected chi connectivity index (χ2v) is 7.27. The lowest BCUT2D eigenvalue weighted by molar-refractivity contribution is 0.887. The van der Waals surface area contributed by atoms with Gasteiger partial charge < -0.3 is 10.6 Å². The summed E-state index contributed by atoms with van der Waals surface area (Å²) in [6, 6.07) is 16.4. The van der Waals surface area contributed by atoms with Crippen LogP contribution in [0.2, 0.25) is 0 Å². The summed E-state index contributed by atoms with van der Waals surface area (Å²) >= 11 is 1.70. The van der Waals surface area contributed by atoms with Crippen molar-refractivity contribution in [2.45, 2.75) is 13.5 Å². The van der Waals surface area contributed by atoms with Crippen molar-refractivity contribution in [1.82, 2.24) is 15.0 Å². The van der Waals surface area contributed by atoms with E-state index in [4.69, 9.17) is 10.7 Å². The topological polar surface area (TPSA) is 67.9 Å². The summed E-state index contributed by atoms with van der Waals surface area (Å²) in [4.78, 5) is 17.8. The molecule has 2 N–H and O–H groups in total. The van der Waals surface area contributed by atoms with E-state index in [1.165, 1.54) is 10.4 Å². The van der Waals surface area contributed by atoms with Crippen molar-refractivity contribution >= 4 is 33.2 Å². The third kappa shape index (κ3) is 3.23. The van der Waals surface area contributed by atoms with E-state index in [2.05, 4.69) is 45.2 Å². The molecule has 0 aliphatic heterocycles. The lowest BCUT2D eigenvalue weighted by Crippen LogP contribution is -2.18. The van der Waals surface area contributed by atoms with Gasteiger partial charge in [0.25, 0.3) is 0 Å². The van der Waals surface area contributed by atoms with Crippen LogP contribution in [0.3, 0.4) is 0 Å². The Hall–Kier alpha value is -2.99. The van der Waals surface area contributed by atoms with Crippen molar-refractivity contribution in [3.8, 4) is 10.4 Å². The van der Waals surface area contributed by atoms with Crippen LogP contribution in [0.1, 0.15) is 11.4 Å². The quantitative estimate of drug-likeness (QED) is 0.587. The third-order valence-corrected chi connectivity index (χ3v) is 5.25. The zero-order valence-electron chi connectivity index (χ0n) is 14.7. The number of aromatic nitrogens is 3. The first-order valence-electron chi connectivity index (χ1n) is 8.35. The van der Waals surface area contributed by atoms with Crippen molar-refractivity contribution in [2.24, 2.45) is 0 Å². The number of hydrogen-bond acceptors (Lipinski definition) is 6. The monoisotopic (exact) mass is 361 g/mol. The van der Waals surface area contributed by atoms with E-state index in [9.17, 15) is 0 Å². The molecule has 6 heteroatoms. The van der Waals surface area contributed by atoms with Gasteiger partial charge in [-0.3, -0.25) is 0 Å². The minimum Gasteiger partial charge on any atom is -0.384 e. The van der Waals surface area contributed by atoms with Crippen LogP contribution in [0.15, 0.2) is 54.7 Å². The summed E-state index contributed by atoms with van der Waals surface area (Å²) in [6.45, 7) is 2.64. The van der Waals surface area contributed by atoms with Crippen LogP contribution in [0.5, 0.6) is 0 Å². The average molecular weight is 361 g/mol. The van der Waals surface area contributed by atoms with Crippen LogP contribution in [0.25, 0.3) is 20.7 Å². The maximum absolute atomic E-state index is 5.68. The normalized spacial score (nSPS) is 11.0. The second-order valence-electron chi connectivity index (χ2n) is 6.24. The lowest BCUT2D eigenvalue weighted by atomic mass is 10.2. The highest BCUT2D eigenvalue weighted by atomic mass is 32.1. The standard InChI is InChI=1S/C20H19N5S/c1-13-23-19(25(2)12-14-8-9-18(21)22-11-14)16-10-17(26-20(16)24-13)15-6-4-3-5-7-15/h3-11H,12H2,1-2H3,(H2,21,22). The van der Waals surface area contributed by atoms with Gasteiger partial charge in [0.1, 0.15) is 22.3 Å². The van der Waals surface area contributed by atoms with E-state index in [1.807, 2.05) is 32.2 Å². The molecular formula is C20H19N5S. The van der Waals surface area contributed by atoms with Gasteiger partial charge in [-0.15, -0.1) is 11.3 Å². The molecule has 0 aliphatic rings. The molecule has 0 saturated carbocycles. The molecule has 1 aromatic carbocycles. The fourth-order valence-corrected chi connectivity index (χ4v) is 4.00. The molecule has 0 aliphatic carbocycles. The summed E-state index contributed by atoms with van der Waals surface area (Å²) in [5.74, 6) is 2.24. The predicted octanol–water partition coefficient (Wildman–Crippen LogP) is 4.28. The fourth-order valence-electron chi connectivity index (χ4n) is 2.92. The number of rotatable bonds is 4. The van der Waals surface area contributed by atoms with Gasteiger partial charge >= 0.3 is 0 Å². The van der Waals surface area contributed by atoms with Gasteiger partial charge in [-0.25, -0.2) is 15.0 Å². The molecule has 5 nitrogen and oxygen atoms in total. The molecule has 3 heterocycles. The van der Waals surface area contributed by atoms with Gasteiger partial charge in [0, 0.05) is 24.7 Å². The number of nitrogen functional groups attached to an aromatic ring is 1. The summed E-state index contributed by atoms with van der Waals surface area (Å²) in [7, 11) is 2.04. The summed E-state index contributed by atoms with van der Waals surface area (Å²) in [5.41, 5.74) is 7.96. The highest BCUT2D eigenvalue weighted by Gasteiger charge is 2.15. The average Bonchev–Trinajstić information content (AvgIpc) is 3.07. The first kappa shape index (κ1) is 16.5. The number of nitrogens with zero attached hydrogens (tertiary/aromatic N) is 4. The van der Waals surface area contributed by atoms with E-state index < -0.39 is 0 Å². The molecule has 0 fully saturated rings. The van der Waals surface area contributed by atoms with E-state index in [0.717, 1.165) is 27.4 Å². The molecule has 0 atom stereocenters. The Labute approximate surface area is 156 Å². The van der Waals surface area contributed by atoms with Crippen molar-refractivity contribution in [1.29, 1.82) is 0 Å². The number of aryl methyl sites for hydroxylation is 1. The number of hydrogen-bond donors (Lipinski definition) is 1. The minimum atomic E-state index is 0.530. The van der Waals surface area contributed by atoms with Crippen LogP contribution in [0, 0.1) is 6.92 Å². The maximum atomic E-state index is 5.68. The molecule has 0 amide bonds. The second kappa shape index (κ2) is 6.72. The number of anilines is 2. The van der Waals surface area contributed by atoms with E-state index in [-0.39, 0.29) is 0 Å². The number of benzene rings is 1. The van der Waals surface area contributed by atoms with Crippen LogP contribution in [-0.2, 0) is 6.54 Å². The van der Waals surface area contributed by atoms with Crippen LogP contribution >= 0.6 is 11.3 Å². The Bertz CT molecular complexity index is 1040.